The average molecular weight is 234 g/mol. The molecule has 0 aliphatic heterocycles. The molecular weight excluding hydrogens is 204 g/mol. The van der Waals surface area contributed by atoms with Gasteiger partial charge in [-0.25, -0.2) is 0 Å². The fraction of sp³-hybridized carbons (Fsp3) is 1.00. The van der Waals surface area contributed by atoms with Gasteiger partial charge in [-0.05, 0) is 48.3 Å². The quantitative estimate of drug-likeness (QED) is 0.458. The Hall–Kier alpha value is 0. The molecule has 0 aromatic carbocycles. The van der Waals surface area contributed by atoms with Gasteiger partial charge in [-0.1, -0.05) is 58.8 Å². The van der Waals surface area contributed by atoms with E-state index >= 15 is 0 Å². The third-order valence-electron chi connectivity index (χ3n) is 6.33. The first-order chi connectivity index (χ1) is 8.32. The molecule has 0 nitrogen and oxygen atoms in total. The van der Waals surface area contributed by atoms with Crippen molar-refractivity contribution in [3.63, 3.8) is 0 Å². The molecule has 0 aromatic heterocycles. The van der Waals surface area contributed by atoms with Crippen LogP contribution in [0.3, 0.4) is 0 Å². The highest BCUT2D eigenvalue weighted by Crippen LogP contribution is 3.01. The van der Waals surface area contributed by atoms with Crippen molar-refractivity contribution < 1.29 is 0 Å². The first-order valence-corrected chi connectivity index (χ1v) is 8.32. The summed E-state index contributed by atoms with van der Waals surface area (Å²) in [5.41, 5.74) is 1.91. The molecule has 0 saturated heterocycles. The zero-order chi connectivity index (χ0) is 11.9. The van der Waals surface area contributed by atoms with Gasteiger partial charge in [-0.15, -0.1) is 0 Å². The van der Waals surface area contributed by atoms with Gasteiger partial charge in [0.2, 0.25) is 0 Å². The number of hydrogen-bond acceptors (Lipinski definition) is 0. The summed E-state index contributed by atoms with van der Waals surface area (Å²) in [6.45, 7) is 4.65. The highest BCUT2D eigenvalue weighted by atomic mass is 15.0. The van der Waals surface area contributed by atoms with Crippen LogP contribution in [0.15, 0.2) is 0 Å². The van der Waals surface area contributed by atoms with Crippen molar-refractivity contribution in [2.45, 2.75) is 84.5 Å². The Morgan fingerprint density at radius 3 is 2.35 bits per heavy atom. The zero-order valence-corrected chi connectivity index (χ0v) is 11.9. The Bertz CT molecular complexity index is 282. The molecule has 4 unspecified atom stereocenters. The van der Waals surface area contributed by atoms with E-state index in [2.05, 4.69) is 13.8 Å². The highest BCUT2D eigenvalue weighted by Gasteiger charge is 2.94. The lowest BCUT2D eigenvalue weighted by Crippen LogP contribution is -2.02. The van der Waals surface area contributed by atoms with Crippen LogP contribution in [0.2, 0.25) is 0 Å². The van der Waals surface area contributed by atoms with E-state index in [1.807, 2.05) is 0 Å². The van der Waals surface area contributed by atoms with Gasteiger partial charge in [0.25, 0.3) is 0 Å². The lowest BCUT2D eigenvalue weighted by molar-refractivity contribution is 0.383. The summed E-state index contributed by atoms with van der Waals surface area (Å²) in [5.74, 6) is 2.41. The van der Waals surface area contributed by atoms with Crippen LogP contribution in [-0.4, -0.2) is 0 Å². The van der Waals surface area contributed by atoms with E-state index in [4.69, 9.17) is 0 Å². The lowest BCUT2D eigenvalue weighted by Gasteiger charge is -2.11. The minimum Gasteiger partial charge on any atom is -0.0654 e. The molecule has 3 aliphatic carbocycles. The van der Waals surface area contributed by atoms with Crippen LogP contribution in [0.4, 0.5) is 0 Å². The Morgan fingerprint density at radius 1 is 0.882 bits per heavy atom. The van der Waals surface area contributed by atoms with Gasteiger partial charge >= 0.3 is 0 Å². The van der Waals surface area contributed by atoms with Crippen molar-refractivity contribution in [1.82, 2.24) is 0 Å². The summed E-state index contributed by atoms with van der Waals surface area (Å²) < 4.78 is 0. The molecule has 1 spiro atoms. The van der Waals surface area contributed by atoms with Gasteiger partial charge in [0.05, 0.1) is 0 Å². The van der Waals surface area contributed by atoms with Gasteiger partial charge in [0, 0.05) is 0 Å². The smallest absolute Gasteiger partial charge is 0.0173 e. The van der Waals surface area contributed by atoms with Crippen LogP contribution in [0.1, 0.15) is 84.5 Å². The molecule has 3 fully saturated rings. The minimum absolute atomic E-state index is 0.942. The van der Waals surface area contributed by atoms with Crippen molar-refractivity contribution >= 4 is 0 Å². The standard InChI is InChI=1S/C17H30/c1-3-5-7-8-10-14-12-17(14)15-13-16(15,17)11-9-6-4-2/h14-15H,3-13H2,1-2H3. The molecule has 98 valence electrons. The molecule has 17 heavy (non-hydrogen) atoms. The van der Waals surface area contributed by atoms with Crippen molar-refractivity contribution in [3.05, 3.63) is 0 Å². The maximum absolute atomic E-state index is 2.33. The number of fused-ring (bicyclic) bond motifs is 3. The maximum Gasteiger partial charge on any atom is -0.0173 e. The minimum atomic E-state index is 0.942. The molecule has 0 heteroatoms. The summed E-state index contributed by atoms with van der Waals surface area (Å²) in [6, 6.07) is 0. The molecular formula is C17H30. The number of rotatable bonds is 9. The van der Waals surface area contributed by atoms with Gasteiger partial charge in [0.1, 0.15) is 0 Å². The summed E-state index contributed by atoms with van der Waals surface area (Å²) in [4.78, 5) is 0. The van der Waals surface area contributed by atoms with Gasteiger partial charge < -0.3 is 0 Å². The van der Waals surface area contributed by atoms with Crippen molar-refractivity contribution in [3.8, 4) is 0 Å². The van der Waals surface area contributed by atoms with Crippen LogP contribution < -0.4 is 0 Å². The summed E-state index contributed by atoms with van der Waals surface area (Å²) in [7, 11) is 0. The van der Waals surface area contributed by atoms with E-state index in [1.165, 1.54) is 56.8 Å². The first-order valence-electron chi connectivity index (χ1n) is 8.32. The van der Waals surface area contributed by atoms with Crippen LogP contribution in [0.5, 0.6) is 0 Å². The maximum atomic E-state index is 2.33. The Morgan fingerprint density at radius 2 is 1.65 bits per heavy atom. The molecule has 4 atom stereocenters. The van der Waals surface area contributed by atoms with Crippen molar-refractivity contribution in [2.75, 3.05) is 0 Å². The highest BCUT2D eigenvalue weighted by molar-refractivity contribution is 5.42. The molecule has 0 amide bonds. The summed E-state index contributed by atoms with van der Waals surface area (Å²) >= 11 is 0. The Kier molecular flexibility index (Phi) is 3.04. The second kappa shape index (κ2) is 4.28. The fourth-order valence-electron chi connectivity index (χ4n) is 5.10. The van der Waals surface area contributed by atoms with Crippen LogP contribution in [0, 0.1) is 22.7 Å². The van der Waals surface area contributed by atoms with Crippen molar-refractivity contribution in [1.29, 1.82) is 0 Å². The topological polar surface area (TPSA) is 0 Å². The predicted molar refractivity (Wildman–Crippen MR) is 74.0 cm³/mol. The molecule has 0 bridgehead atoms. The van der Waals surface area contributed by atoms with Gasteiger partial charge in [0.15, 0.2) is 0 Å². The van der Waals surface area contributed by atoms with E-state index in [-0.39, 0.29) is 0 Å². The second-order valence-electron chi connectivity index (χ2n) is 7.16. The van der Waals surface area contributed by atoms with Gasteiger partial charge in [-0.3, -0.25) is 0 Å². The first kappa shape index (κ1) is 12.1. The molecule has 0 heterocycles. The fourth-order valence-corrected chi connectivity index (χ4v) is 5.10. The largest absolute Gasteiger partial charge is 0.0654 e. The monoisotopic (exact) mass is 234 g/mol. The molecule has 0 aromatic rings. The van der Waals surface area contributed by atoms with Crippen LogP contribution in [-0.2, 0) is 0 Å². The summed E-state index contributed by atoms with van der Waals surface area (Å²) in [5, 5.41) is 0. The SMILES string of the molecule is CCCCCCC1CC12C1CC12CCCCC. The molecule has 0 radical (unpaired) electrons. The van der Waals surface area contributed by atoms with Crippen LogP contribution >= 0.6 is 0 Å². The number of hydrogen-bond donors (Lipinski definition) is 0. The van der Waals surface area contributed by atoms with E-state index < -0.39 is 0 Å². The van der Waals surface area contributed by atoms with Gasteiger partial charge in [-0.2, -0.15) is 0 Å². The average Bonchev–Trinajstić information content (AvgIpc) is 3.19. The Labute approximate surface area is 108 Å². The molecule has 3 aliphatic rings. The third kappa shape index (κ3) is 1.70. The van der Waals surface area contributed by atoms with Crippen LogP contribution in [0.25, 0.3) is 0 Å². The van der Waals surface area contributed by atoms with Crippen molar-refractivity contribution in [2.24, 2.45) is 22.7 Å². The third-order valence-corrected chi connectivity index (χ3v) is 6.33. The van der Waals surface area contributed by atoms with E-state index in [1.54, 1.807) is 25.7 Å². The number of unbranched alkanes of at least 4 members (excludes halogenated alkanes) is 5. The van der Waals surface area contributed by atoms with E-state index in [0.29, 0.717) is 0 Å². The molecule has 0 N–H and O–H groups in total. The second-order valence-corrected chi connectivity index (χ2v) is 7.16. The Balaban J connectivity index is 1.35. The molecule has 3 rings (SSSR count). The van der Waals surface area contributed by atoms with E-state index in [9.17, 15) is 0 Å². The zero-order valence-electron chi connectivity index (χ0n) is 11.9. The lowest BCUT2D eigenvalue weighted by atomic mass is 9.93. The normalized spacial score (nSPS) is 44.8. The predicted octanol–water partition coefficient (Wildman–Crippen LogP) is 5.56. The molecule has 3 saturated carbocycles. The summed E-state index contributed by atoms with van der Waals surface area (Å²) in [6.07, 6.45) is 16.7. The van der Waals surface area contributed by atoms with E-state index in [0.717, 1.165) is 10.8 Å².